The molecule has 4 nitrogen and oxygen atoms in total. The summed E-state index contributed by atoms with van der Waals surface area (Å²) in [7, 11) is 0. The zero-order valence-corrected chi connectivity index (χ0v) is 14.6. The lowest BCUT2D eigenvalue weighted by Gasteiger charge is -2.30. The molecule has 0 aliphatic heterocycles. The van der Waals surface area contributed by atoms with Crippen molar-refractivity contribution in [3.63, 3.8) is 0 Å². The zero-order valence-electron chi connectivity index (χ0n) is 13.0. The van der Waals surface area contributed by atoms with E-state index in [1.807, 2.05) is 6.07 Å². The average Bonchev–Trinajstić information content (AvgIpc) is 2.49. The Morgan fingerprint density at radius 2 is 1.95 bits per heavy atom. The van der Waals surface area contributed by atoms with Gasteiger partial charge in [0.1, 0.15) is 0 Å². The summed E-state index contributed by atoms with van der Waals surface area (Å²) >= 11 is 3.31. The predicted octanol–water partition coefficient (Wildman–Crippen LogP) is 3.69. The van der Waals surface area contributed by atoms with Crippen LogP contribution in [0.15, 0.2) is 28.7 Å². The van der Waals surface area contributed by atoms with Crippen molar-refractivity contribution < 1.29 is 14.3 Å². The summed E-state index contributed by atoms with van der Waals surface area (Å²) in [4.78, 5) is 24.3. The molecule has 0 unspecified atom stereocenters. The zero-order chi connectivity index (χ0) is 16.1. The molecule has 0 bridgehead atoms. The van der Waals surface area contributed by atoms with Gasteiger partial charge in [0, 0.05) is 10.5 Å². The van der Waals surface area contributed by atoms with Crippen LogP contribution in [0.3, 0.4) is 0 Å². The van der Waals surface area contributed by atoms with Crippen LogP contribution in [0.1, 0.15) is 49.9 Å². The molecule has 0 radical (unpaired) electrons. The fraction of sp³-hybridized carbons (Fsp3) is 0.529. The second-order valence-electron chi connectivity index (χ2n) is 5.90. The van der Waals surface area contributed by atoms with Crippen molar-refractivity contribution in [3.05, 3.63) is 34.3 Å². The number of benzene rings is 1. The molecule has 2 rings (SSSR count). The Labute approximate surface area is 139 Å². The largest absolute Gasteiger partial charge is 0.449 e. The van der Waals surface area contributed by atoms with Gasteiger partial charge in [-0.3, -0.25) is 4.79 Å². The molecule has 1 aliphatic rings. The number of hydrogen-bond donors (Lipinski definition) is 1. The molecule has 1 aromatic carbocycles. The highest BCUT2D eigenvalue weighted by Gasteiger charge is 2.26. The van der Waals surface area contributed by atoms with Gasteiger partial charge in [0.15, 0.2) is 6.10 Å². The third-order valence-electron chi connectivity index (χ3n) is 4.19. The fourth-order valence-electron chi connectivity index (χ4n) is 2.74. The molecule has 5 heteroatoms. The van der Waals surface area contributed by atoms with Gasteiger partial charge >= 0.3 is 5.97 Å². The number of esters is 1. The molecule has 120 valence electrons. The second-order valence-corrected chi connectivity index (χ2v) is 6.76. The van der Waals surface area contributed by atoms with Crippen LogP contribution in [0.4, 0.5) is 0 Å². The van der Waals surface area contributed by atoms with Gasteiger partial charge in [-0.25, -0.2) is 4.79 Å². The van der Waals surface area contributed by atoms with Crippen molar-refractivity contribution in [2.24, 2.45) is 5.92 Å². The SMILES string of the molecule is C[C@@H]1CCCC[C@H]1NC(=O)[C@@H](C)OC(=O)c1ccccc1Br. The van der Waals surface area contributed by atoms with Gasteiger partial charge in [-0.15, -0.1) is 0 Å². The number of ether oxygens (including phenoxy) is 1. The molecule has 3 atom stereocenters. The number of rotatable bonds is 4. The van der Waals surface area contributed by atoms with Crippen LogP contribution in [0.25, 0.3) is 0 Å². The van der Waals surface area contributed by atoms with Crippen LogP contribution in [0, 0.1) is 5.92 Å². The smallest absolute Gasteiger partial charge is 0.340 e. The third-order valence-corrected chi connectivity index (χ3v) is 4.88. The molecule has 1 aliphatic carbocycles. The van der Waals surface area contributed by atoms with E-state index in [1.165, 1.54) is 6.42 Å². The Morgan fingerprint density at radius 3 is 2.64 bits per heavy atom. The molecule has 22 heavy (non-hydrogen) atoms. The first-order valence-electron chi connectivity index (χ1n) is 7.75. The summed E-state index contributed by atoms with van der Waals surface area (Å²) in [6.45, 7) is 3.76. The lowest BCUT2D eigenvalue weighted by atomic mass is 9.86. The van der Waals surface area contributed by atoms with Crippen molar-refractivity contribution in [1.29, 1.82) is 0 Å². The van der Waals surface area contributed by atoms with E-state index in [0.717, 1.165) is 19.3 Å². The summed E-state index contributed by atoms with van der Waals surface area (Å²) in [6, 6.07) is 7.20. The molecule has 1 aromatic rings. The van der Waals surface area contributed by atoms with Crippen LogP contribution in [0.5, 0.6) is 0 Å². The monoisotopic (exact) mass is 367 g/mol. The van der Waals surface area contributed by atoms with Crippen molar-refractivity contribution in [2.75, 3.05) is 0 Å². The van der Waals surface area contributed by atoms with Crippen molar-refractivity contribution in [3.8, 4) is 0 Å². The van der Waals surface area contributed by atoms with Crippen LogP contribution < -0.4 is 5.32 Å². The molecule has 0 saturated heterocycles. The molecule has 0 aromatic heterocycles. The van der Waals surface area contributed by atoms with E-state index < -0.39 is 12.1 Å². The highest BCUT2D eigenvalue weighted by atomic mass is 79.9. The maximum absolute atomic E-state index is 12.2. The summed E-state index contributed by atoms with van der Waals surface area (Å²) in [5.74, 6) is -0.241. The van der Waals surface area contributed by atoms with Crippen LogP contribution in [0.2, 0.25) is 0 Å². The van der Waals surface area contributed by atoms with Gasteiger partial charge in [0.05, 0.1) is 5.56 Å². The first-order valence-corrected chi connectivity index (χ1v) is 8.54. The number of nitrogens with one attached hydrogen (secondary N) is 1. The van der Waals surface area contributed by atoms with Gasteiger partial charge in [-0.1, -0.05) is 31.9 Å². The van der Waals surface area contributed by atoms with Crippen LogP contribution in [-0.2, 0) is 9.53 Å². The first-order chi connectivity index (χ1) is 10.5. The standard InChI is InChI=1S/C17H22BrNO3/c1-11-7-3-6-10-15(11)19-16(20)12(2)22-17(21)13-8-4-5-9-14(13)18/h4-5,8-9,11-12,15H,3,6-7,10H2,1-2H3,(H,19,20)/t11-,12-,15-/m1/s1. The molecule has 1 saturated carbocycles. The van der Waals surface area contributed by atoms with Gasteiger partial charge in [-0.05, 0) is 53.7 Å². The minimum atomic E-state index is -0.797. The summed E-state index contributed by atoms with van der Waals surface area (Å²) in [5.41, 5.74) is 0.424. The molecule has 1 amide bonds. The molecular formula is C17H22BrNO3. The number of amides is 1. The Morgan fingerprint density at radius 1 is 1.27 bits per heavy atom. The Hall–Kier alpha value is -1.36. The summed E-state index contributed by atoms with van der Waals surface area (Å²) in [6.07, 6.45) is 3.70. The Bertz CT molecular complexity index is 546. The van der Waals surface area contributed by atoms with E-state index in [1.54, 1.807) is 25.1 Å². The minimum Gasteiger partial charge on any atom is -0.449 e. The first kappa shape index (κ1) is 17.0. The normalized spacial score (nSPS) is 22.7. The Balaban J connectivity index is 1.91. The summed E-state index contributed by atoms with van der Waals surface area (Å²) in [5, 5.41) is 3.01. The van der Waals surface area contributed by atoms with Crippen LogP contribution in [-0.4, -0.2) is 24.0 Å². The van der Waals surface area contributed by atoms with E-state index >= 15 is 0 Å². The van der Waals surface area contributed by atoms with E-state index in [2.05, 4.69) is 28.2 Å². The van der Waals surface area contributed by atoms with E-state index in [9.17, 15) is 9.59 Å². The molecule has 1 fully saturated rings. The third kappa shape index (κ3) is 4.32. The van der Waals surface area contributed by atoms with Gasteiger partial charge in [0.2, 0.25) is 0 Å². The topological polar surface area (TPSA) is 55.4 Å². The highest BCUT2D eigenvalue weighted by molar-refractivity contribution is 9.10. The maximum atomic E-state index is 12.2. The number of halogens is 1. The maximum Gasteiger partial charge on any atom is 0.340 e. The van der Waals surface area contributed by atoms with Crippen LogP contribution >= 0.6 is 15.9 Å². The van der Waals surface area contributed by atoms with E-state index in [4.69, 9.17) is 4.74 Å². The van der Waals surface area contributed by atoms with Gasteiger partial charge < -0.3 is 10.1 Å². The highest BCUT2D eigenvalue weighted by Crippen LogP contribution is 2.24. The average molecular weight is 368 g/mol. The molecular weight excluding hydrogens is 346 g/mol. The van der Waals surface area contributed by atoms with Crippen molar-refractivity contribution in [2.45, 2.75) is 51.7 Å². The molecule has 1 N–H and O–H groups in total. The number of carbonyl (C=O) groups is 2. The number of hydrogen-bond acceptors (Lipinski definition) is 3. The van der Waals surface area contributed by atoms with E-state index in [-0.39, 0.29) is 11.9 Å². The van der Waals surface area contributed by atoms with Gasteiger partial charge in [0.25, 0.3) is 5.91 Å². The predicted molar refractivity (Wildman–Crippen MR) is 88.6 cm³/mol. The number of carbonyl (C=O) groups excluding carboxylic acids is 2. The molecule has 0 heterocycles. The molecule has 0 spiro atoms. The van der Waals surface area contributed by atoms with Crippen molar-refractivity contribution in [1.82, 2.24) is 5.32 Å². The second kappa shape index (κ2) is 7.77. The lowest BCUT2D eigenvalue weighted by Crippen LogP contribution is -2.46. The fourth-order valence-corrected chi connectivity index (χ4v) is 3.18. The lowest BCUT2D eigenvalue weighted by molar-refractivity contribution is -0.130. The quantitative estimate of drug-likeness (QED) is 0.825. The van der Waals surface area contributed by atoms with Crippen molar-refractivity contribution >= 4 is 27.8 Å². The Kier molecular flexibility index (Phi) is 6.00. The summed E-state index contributed by atoms with van der Waals surface area (Å²) < 4.78 is 5.94. The van der Waals surface area contributed by atoms with E-state index in [0.29, 0.717) is 16.0 Å². The van der Waals surface area contributed by atoms with Gasteiger partial charge in [-0.2, -0.15) is 0 Å². The minimum absolute atomic E-state index is 0.186.